The van der Waals surface area contributed by atoms with Crippen LogP contribution in [0.3, 0.4) is 0 Å². The Labute approximate surface area is 131 Å². The van der Waals surface area contributed by atoms with Crippen LogP contribution >= 0.6 is 0 Å². The van der Waals surface area contributed by atoms with Gasteiger partial charge in [-0.15, -0.1) is 0 Å². The second-order valence-electron chi connectivity index (χ2n) is 8.05. The molecule has 5 heteroatoms. The minimum absolute atomic E-state index is 0.0157. The van der Waals surface area contributed by atoms with E-state index in [-0.39, 0.29) is 23.7 Å². The van der Waals surface area contributed by atoms with E-state index >= 15 is 0 Å². The summed E-state index contributed by atoms with van der Waals surface area (Å²) in [4.78, 5) is 38.5. The highest BCUT2D eigenvalue weighted by Gasteiger charge is 2.73. The van der Waals surface area contributed by atoms with Crippen molar-refractivity contribution in [2.75, 3.05) is 13.1 Å². The van der Waals surface area contributed by atoms with E-state index < -0.39 is 22.7 Å². The molecule has 0 aromatic rings. The smallest absolute Gasteiger partial charge is 0.229 e. The number of rotatable bonds is 2. The Balaban J connectivity index is 1.89. The molecular weight excluding hydrogens is 282 g/mol. The summed E-state index contributed by atoms with van der Waals surface area (Å²) < 4.78 is 0. The second kappa shape index (κ2) is 4.56. The fraction of sp³-hybridized carbons (Fsp3) is 0.824. The number of piperidine rings is 1. The van der Waals surface area contributed by atoms with Gasteiger partial charge in [-0.05, 0) is 31.1 Å². The normalized spacial score (nSPS) is 40.0. The van der Waals surface area contributed by atoms with Gasteiger partial charge in [0.25, 0.3) is 0 Å². The maximum Gasteiger partial charge on any atom is 0.229 e. The van der Waals surface area contributed by atoms with Gasteiger partial charge in [-0.1, -0.05) is 20.8 Å². The van der Waals surface area contributed by atoms with Crippen LogP contribution in [0, 0.1) is 22.2 Å². The molecule has 1 heterocycles. The zero-order chi connectivity index (χ0) is 16.3. The molecule has 1 aliphatic heterocycles. The van der Waals surface area contributed by atoms with Crippen molar-refractivity contribution in [3.8, 4) is 0 Å². The maximum absolute atomic E-state index is 13.2. The molecule has 0 radical (unpaired) electrons. The third-order valence-corrected chi connectivity index (χ3v) is 7.16. The summed E-state index contributed by atoms with van der Waals surface area (Å²) in [5, 5.41) is 11.1. The van der Waals surface area contributed by atoms with Crippen LogP contribution in [0.2, 0.25) is 0 Å². The Morgan fingerprint density at radius 2 is 1.91 bits per heavy atom. The minimum Gasteiger partial charge on any atom is -0.550 e. The number of aliphatic carboxylic acids is 1. The molecule has 0 unspecified atom stereocenters. The average molecular weight is 306 g/mol. The van der Waals surface area contributed by atoms with Crippen LogP contribution in [-0.2, 0) is 14.4 Å². The number of carbonyl (C=O) groups excluding carboxylic acids is 3. The van der Waals surface area contributed by atoms with Crippen molar-refractivity contribution in [2.45, 2.75) is 52.9 Å². The van der Waals surface area contributed by atoms with Gasteiger partial charge in [-0.2, -0.15) is 0 Å². The number of likely N-dealkylation sites (tertiary alicyclic amines) is 1. The first-order chi connectivity index (χ1) is 10.2. The molecule has 3 atom stereocenters. The molecule has 5 nitrogen and oxygen atoms in total. The minimum atomic E-state index is -1.08. The molecule has 1 saturated heterocycles. The standard InChI is InChI=1S/C17H25NO4/c1-15(2)16(3)6-7-17(15,9-12(16)19)14(22)18-8-4-5-11(10-18)13(20)21/h11H,4-10H2,1-3H3,(H,20,21)/p-1/t11-,16+,17-/m0/s1. The third kappa shape index (κ3) is 1.68. The topological polar surface area (TPSA) is 77.5 Å². The number of carboxylic acid groups (broad SMARTS) is 1. The zero-order valence-corrected chi connectivity index (χ0v) is 13.6. The molecule has 3 aliphatic rings. The van der Waals surface area contributed by atoms with Crippen molar-refractivity contribution in [3.63, 3.8) is 0 Å². The molecule has 3 fully saturated rings. The monoisotopic (exact) mass is 306 g/mol. The molecule has 0 aromatic heterocycles. The van der Waals surface area contributed by atoms with Gasteiger partial charge in [0.15, 0.2) is 0 Å². The first-order valence-corrected chi connectivity index (χ1v) is 8.19. The van der Waals surface area contributed by atoms with Gasteiger partial charge in [0.1, 0.15) is 5.78 Å². The lowest BCUT2D eigenvalue weighted by atomic mass is 9.64. The summed E-state index contributed by atoms with van der Waals surface area (Å²) in [6, 6.07) is 0. The highest BCUT2D eigenvalue weighted by atomic mass is 16.4. The number of amides is 1. The van der Waals surface area contributed by atoms with E-state index in [1.807, 2.05) is 20.8 Å². The summed E-state index contributed by atoms with van der Waals surface area (Å²) in [6.45, 7) is 6.86. The molecule has 1 amide bonds. The Hall–Kier alpha value is -1.39. The molecule has 22 heavy (non-hydrogen) atoms. The summed E-state index contributed by atoms with van der Waals surface area (Å²) >= 11 is 0. The van der Waals surface area contributed by atoms with Crippen LogP contribution in [0.15, 0.2) is 0 Å². The van der Waals surface area contributed by atoms with E-state index in [9.17, 15) is 19.5 Å². The lowest BCUT2D eigenvalue weighted by molar-refractivity contribution is -0.312. The van der Waals surface area contributed by atoms with Crippen molar-refractivity contribution in [2.24, 2.45) is 22.2 Å². The number of fused-ring (bicyclic) bond motifs is 2. The summed E-state index contributed by atoms with van der Waals surface area (Å²) in [7, 11) is 0. The fourth-order valence-electron chi connectivity index (χ4n) is 4.99. The van der Waals surface area contributed by atoms with E-state index in [2.05, 4.69) is 0 Å². The number of carboxylic acids is 1. The first-order valence-electron chi connectivity index (χ1n) is 8.19. The molecule has 0 spiro atoms. The van der Waals surface area contributed by atoms with Crippen molar-refractivity contribution in [3.05, 3.63) is 0 Å². The predicted octanol–water partition coefficient (Wildman–Crippen LogP) is 0.760. The SMILES string of the molecule is CC1(C)[C@@]2(C(=O)N3CCC[C@H](C(=O)[O-])C3)CC[C@]1(C)C(=O)C2. The number of carbonyl (C=O) groups is 3. The van der Waals surface area contributed by atoms with Crippen LogP contribution in [0.25, 0.3) is 0 Å². The fourth-order valence-corrected chi connectivity index (χ4v) is 4.99. The summed E-state index contributed by atoms with van der Waals surface area (Å²) in [5.41, 5.74) is -1.44. The van der Waals surface area contributed by atoms with Crippen LogP contribution in [0.5, 0.6) is 0 Å². The van der Waals surface area contributed by atoms with Crippen LogP contribution in [0.4, 0.5) is 0 Å². The average Bonchev–Trinajstić information content (AvgIpc) is 2.77. The largest absolute Gasteiger partial charge is 0.550 e. The lowest BCUT2D eigenvalue weighted by Crippen LogP contribution is -2.53. The lowest BCUT2D eigenvalue weighted by Gasteiger charge is -2.43. The van der Waals surface area contributed by atoms with Crippen molar-refractivity contribution in [1.29, 1.82) is 0 Å². The molecule has 0 aromatic carbocycles. The van der Waals surface area contributed by atoms with E-state index in [4.69, 9.17) is 0 Å². The van der Waals surface area contributed by atoms with E-state index in [0.29, 0.717) is 25.8 Å². The molecule has 2 saturated carbocycles. The van der Waals surface area contributed by atoms with Gasteiger partial charge < -0.3 is 14.8 Å². The highest BCUT2D eigenvalue weighted by molar-refractivity contribution is 5.99. The molecule has 2 bridgehead atoms. The van der Waals surface area contributed by atoms with E-state index in [1.54, 1.807) is 4.90 Å². The molecule has 0 N–H and O–H groups in total. The molecule has 2 aliphatic carbocycles. The van der Waals surface area contributed by atoms with Gasteiger partial charge in [0.05, 0.1) is 5.41 Å². The van der Waals surface area contributed by atoms with Crippen molar-refractivity contribution < 1.29 is 19.5 Å². The third-order valence-electron chi connectivity index (χ3n) is 7.16. The van der Waals surface area contributed by atoms with Crippen LogP contribution < -0.4 is 5.11 Å². The second-order valence-corrected chi connectivity index (χ2v) is 8.05. The summed E-state index contributed by atoms with van der Waals surface area (Å²) in [5.74, 6) is -1.49. The Bertz CT molecular complexity index is 555. The molecule has 3 rings (SSSR count). The number of ketones is 1. The van der Waals surface area contributed by atoms with Gasteiger partial charge in [0.2, 0.25) is 5.91 Å². The number of hydrogen-bond acceptors (Lipinski definition) is 4. The molecular formula is C17H24NO4-. The van der Waals surface area contributed by atoms with Gasteiger partial charge in [-0.3, -0.25) is 9.59 Å². The zero-order valence-electron chi connectivity index (χ0n) is 13.6. The van der Waals surface area contributed by atoms with Crippen LogP contribution in [-0.4, -0.2) is 35.6 Å². The number of hydrogen-bond donors (Lipinski definition) is 0. The van der Waals surface area contributed by atoms with Crippen molar-refractivity contribution >= 4 is 17.7 Å². The van der Waals surface area contributed by atoms with Crippen molar-refractivity contribution in [1.82, 2.24) is 4.90 Å². The van der Waals surface area contributed by atoms with Gasteiger partial charge >= 0.3 is 0 Å². The number of nitrogens with zero attached hydrogens (tertiary/aromatic N) is 1. The summed E-state index contributed by atoms with van der Waals surface area (Å²) in [6.07, 6.45) is 3.04. The maximum atomic E-state index is 13.2. The van der Waals surface area contributed by atoms with Gasteiger partial charge in [0, 0.05) is 36.8 Å². The predicted molar refractivity (Wildman–Crippen MR) is 77.5 cm³/mol. The molecule has 122 valence electrons. The van der Waals surface area contributed by atoms with Gasteiger partial charge in [-0.25, -0.2) is 0 Å². The number of Topliss-reactive ketones (excluding diaryl/α,β-unsaturated/α-hetero) is 1. The van der Waals surface area contributed by atoms with E-state index in [0.717, 1.165) is 12.8 Å². The Morgan fingerprint density at radius 1 is 1.23 bits per heavy atom. The quantitative estimate of drug-likeness (QED) is 0.754. The Morgan fingerprint density at radius 3 is 2.41 bits per heavy atom. The van der Waals surface area contributed by atoms with Crippen LogP contribution in [0.1, 0.15) is 52.9 Å². The highest BCUT2D eigenvalue weighted by Crippen LogP contribution is 2.71. The Kier molecular flexibility index (Phi) is 3.21. The first kappa shape index (κ1) is 15.5. The van der Waals surface area contributed by atoms with E-state index in [1.165, 1.54) is 0 Å².